The van der Waals surface area contributed by atoms with E-state index in [1.807, 2.05) is 6.92 Å². The number of hydrogen-bond acceptors (Lipinski definition) is 3. The zero-order valence-electron chi connectivity index (χ0n) is 12.9. The van der Waals surface area contributed by atoms with Crippen LogP contribution in [0.25, 0.3) is 0 Å². The van der Waals surface area contributed by atoms with Gasteiger partial charge < -0.3 is 10.6 Å². The van der Waals surface area contributed by atoms with Crippen LogP contribution in [0, 0.1) is 11.6 Å². The molecule has 0 bridgehead atoms. The van der Waals surface area contributed by atoms with Crippen molar-refractivity contribution in [2.75, 3.05) is 22.1 Å². The zero-order chi connectivity index (χ0) is 17.5. The number of rotatable bonds is 6. The van der Waals surface area contributed by atoms with Crippen molar-refractivity contribution in [2.45, 2.75) is 6.92 Å². The second-order valence-electron chi connectivity index (χ2n) is 4.79. The van der Waals surface area contributed by atoms with Gasteiger partial charge >= 0.3 is 0 Å². The second-order valence-corrected chi connectivity index (χ2v) is 6.06. The van der Waals surface area contributed by atoms with Crippen molar-refractivity contribution in [3.05, 3.63) is 59.7 Å². The van der Waals surface area contributed by atoms with Gasteiger partial charge in [-0.1, -0.05) is 25.1 Å². The number of nitrogens with one attached hydrogen (secondary N) is 2. The first kappa shape index (κ1) is 17.9. The minimum absolute atomic E-state index is 0.0932. The molecule has 0 radical (unpaired) electrons. The Morgan fingerprint density at radius 2 is 1.75 bits per heavy atom. The van der Waals surface area contributed by atoms with Crippen LogP contribution < -0.4 is 10.6 Å². The number of carbonyl (C=O) groups is 2. The van der Waals surface area contributed by atoms with Gasteiger partial charge in [-0.3, -0.25) is 9.59 Å². The van der Waals surface area contributed by atoms with Gasteiger partial charge in [0.2, 0.25) is 5.91 Å². The van der Waals surface area contributed by atoms with Crippen molar-refractivity contribution in [2.24, 2.45) is 0 Å². The normalized spacial score (nSPS) is 10.3. The van der Waals surface area contributed by atoms with Gasteiger partial charge in [0.25, 0.3) is 5.91 Å². The lowest BCUT2D eigenvalue weighted by atomic mass is 10.2. The molecule has 2 aromatic rings. The van der Waals surface area contributed by atoms with Crippen molar-refractivity contribution in [3.63, 3.8) is 0 Å². The highest BCUT2D eigenvalue weighted by molar-refractivity contribution is 7.99. The first-order chi connectivity index (χ1) is 11.5. The topological polar surface area (TPSA) is 58.2 Å². The van der Waals surface area contributed by atoms with E-state index in [0.29, 0.717) is 11.3 Å². The SMILES string of the molecule is CCSCC(=O)Nc1c(F)ccc(NC(=O)c2ccccc2)c1F. The summed E-state index contributed by atoms with van der Waals surface area (Å²) in [5.74, 6) is -2.15. The third-order valence-electron chi connectivity index (χ3n) is 3.08. The Kier molecular flexibility index (Phi) is 6.31. The standard InChI is InChI=1S/C17H16F2N2O2S/c1-2-24-10-14(22)21-16-12(18)8-9-13(15(16)19)20-17(23)11-6-4-3-5-7-11/h3-9H,2,10H2,1H3,(H,20,23)(H,21,22). The van der Waals surface area contributed by atoms with Crippen LogP contribution >= 0.6 is 11.8 Å². The second kappa shape index (κ2) is 8.44. The highest BCUT2D eigenvalue weighted by atomic mass is 32.2. The molecule has 0 heterocycles. The van der Waals surface area contributed by atoms with Crippen LogP contribution in [0.3, 0.4) is 0 Å². The largest absolute Gasteiger partial charge is 0.320 e. The third-order valence-corrected chi connectivity index (χ3v) is 3.95. The van der Waals surface area contributed by atoms with Crippen molar-refractivity contribution < 1.29 is 18.4 Å². The highest BCUT2D eigenvalue weighted by Gasteiger charge is 2.18. The van der Waals surface area contributed by atoms with E-state index in [1.165, 1.54) is 11.8 Å². The maximum absolute atomic E-state index is 14.4. The van der Waals surface area contributed by atoms with Gasteiger partial charge in [-0.25, -0.2) is 8.78 Å². The van der Waals surface area contributed by atoms with E-state index >= 15 is 0 Å². The fraction of sp³-hybridized carbons (Fsp3) is 0.176. The zero-order valence-corrected chi connectivity index (χ0v) is 13.8. The molecule has 0 aliphatic carbocycles. The molecule has 126 valence electrons. The number of halogens is 2. The smallest absolute Gasteiger partial charge is 0.255 e. The van der Waals surface area contributed by atoms with E-state index in [9.17, 15) is 18.4 Å². The van der Waals surface area contributed by atoms with E-state index in [0.717, 1.165) is 12.1 Å². The summed E-state index contributed by atoms with van der Waals surface area (Å²) in [5, 5.41) is 4.58. The summed E-state index contributed by atoms with van der Waals surface area (Å²) in [5.41, 5.74) is -0.433. The van der Waals surface area contributed by atoms with Crippen LogP contribution in [0.4, 0.5) is 20.2 Å². The molecule has 2 N–H and O–H groups in total. The molecular formula is C17H16F2N2O2S. The Labute approximate surface area is 142 Å². The Hall–Kier alpha value is -2.41. The average Bonchev–Trinajstić information content (AvgIpc) is 2.60. The van der Waals surface area contributed by atoms with E-state index in [1.54, 1.807) is 30.3 Å². The van der Waals surface area contributed by atoms with Gasteiger partial charge in [-0.15, -0.1) is 0 Å². The maximum Gasteiger partial charge on any atom is 0.255 e. The molecule has 7 heteroatoms. The highest BCUT2D eigenvalue weighted by Crippen LogP contribution is 2.26. The van der Waals surface area contributed by atoms with Crippen LogP contribution in [-0.2, 0) is 4.79 Å². The van der Waals surface area contributed by atoms with Crippen LogP contribution in [0.2, 0.25) is 0 Å². The van der Waals surface area contributed by atoms with Gasteiger partial charge in [0, 0.05) is 5.56 Å². The molecule has 0 atom stereocenters. The summed E-state index contributed by atoms with van der Waals surface area (Å²) in [7, 11) is 0. The lowest BCUT2D eigenvalue weighted by molar-refractivity contribution is -0.113. The molecular weight excluding hydrogens is 334 g/mol. The molecule has 4 nitrogen and oxygen atoms in total. The molecule has 0 fully saturated rings. The maximum atomic E-state index is 14.4. The van der Waals surface area contributed by atoms with Gasteiger partial charge in [-0.05, 0) is 30.0 Å². The van der Waals surface area contributed by atoms with Crippen LogP contribution in [-0.4, -0.2) is 23.3 Å². The number of anilines is 2. The van der Waals surface area contributed by atoms with Crippen LogP contribution in [0.15, 0.2) is 42.5 Å². The Bertz CT molecular complexity index is 739. The molecule has 0 saturated heterocycles. The van der Waals surface area contributed by atoms with Gasteiger partial charge in [0.15, 0.2) is 5.82 Å². The Morgan fingerprint density at radius 3 is 2.42 bits per heavy atom. The summed E-state index contributed by atoms with van der Waals surface area (Å²) >= 11 is 1.33. The molecule has 2 aromatic carbocycles. The predicted octanol–water partition coefficient (Wildman–Crippen LogP) is 3.91. The van der Waals surface area contributed by atoms with Crippen molar-refractivity contribution in [3.8, 4) is 0 Å². The summed E-state index contributed by atoms with van der Waals surface area (Å²) in [6.45, 7) is 1.87. The molecule has 0 aliphatic heterocycles. The molecule has 0 aromatic heterocycles. The lowest BCUT2D eigenvalue weighted by Gasteiger charge is -2.12. The van der Waals surface area contributed by atoms with Crippen molar-refractivity contribution in [1.82, 2.24) is 0 Å². The molecule has 24 heavy (non-hydrogen) atoms. The molecule has 0 spiro atoms. The Morgan fingerprint density at radius 1 is 1.04 bits per heavy atom. The molecule has 0 saturated carbocycles. The molecule has 0 unspecified atom stereocenters. The first-order valence-corrected chi connectivity index (χ1v) is 8.40. The number of amides is 2. The van der Waals surface area contributed by atoms with Crippen molar-refractivity contribution >= 4 is 35.0 Å². The number of carbonyl (C=O) groups excluding carboxylic acids is 2. The number of hydrogen-bond donors (Lipinski definition) is 2. The predicted molar refractivity (Wildman–Crippen MR) is 92.4 cm³/mol. The minimum atomic E-state index is -1.02. The monoisotopic (exact) mass is 350 g/mol. The van der Waals surface area contributed by atoms with Gasteiger partial charge in [0.05, 0.1) is 11.4 Å². The van der Waals surface area contributed by atoms with Gasteiger partial charge in [-0.2, -0.15) is 11.8 Å². The quantitative estimate of drug-likeness (QED) is 0.830. The molecule has 2 rings (SSSR count). The lowest BCUT2D eigenvalue weighted by Crippen LogP contribution is -2.18. The first-order valence-electron chi connectivity index (χ1n) is 7.25. The molecule has 0 aliphatic rings. The fourth-order valence-corrected chi connectivity index (χ4v) is 2.38. The number of thioether (sulfide) groups is 1. The summed E-state index contributed by atoms with van der Waals surface area (Å²) in [6.07, 6.45) is 0. The van der Waals surface area contributed by atoms with Crippen LogP contribution in [0.1, 0.15) is 17.3 Å². The summed E-state index contributed by atoms with van der Waals surface area (Å²) in [4.78, 5) is 23.7. The fourth-order valence-electron chi connectivity index (χ4n) is 1.92. The van der Waals surface area contributed by atoms with E-state index in [4.69, 9.17) is 0 Å². The van der Waals surface area contributed by atoms with Crippen molar-refractivity contribution in [1.29, 1.82) is 0 Å². The van der Waals surface area contributed by atoms with Crippen LogP contribution in [0.5, 0.6) is 0 Å². The Balaban J connectivity index is 2.18. The van der Waals surface area contributed by atoms with Gasteiger partial charge in [0.1, 0.15) is 11.5 Å². The average molecular weight is 350 g/mol. The summed E-state index contributed by atoms with van der Waals surface area (Å²) in [6, 6.07) is 10.3. The van der Waals surface area contributed by atoms with E-state index < -0.39 is 29.1 Å². The molecule has 2 amide bonds. The van der Waals surface area contributed by atoms with E-state index in [-0.39, 0.29) is 11.4 Å². The van der Waals surface area contributed by atoms with E-state index in [2.05, 4.69) is 10.6 Å². The minimum Gasteiger partial charge on any atom is -0.320 e. The third kappa shape index (κ3) is 4.55. The summed E-state index contributed by atoms with van der Waals surface area (Å²) < 4.78 is 28.2. The number of benzene rings is 2.